The Morgan fingerprint density at radius 2 is 2.07 bits per heavy atom. The molecule has 8 heteroatoms. The number of fused-ring (bicyclic) bond motifs is 1. The molecule has 1 aromatic carbocycles. The van der Waals surface area contributed by atoms with Crippen LogP contribution in [0.25, 0.3) is 10.9 Å². The normalized spacial score (nSPS) is 11.9. The van der Waals surface area contributed by atoms with Crippen molar-refractivity contribution in [2.45, 2.75) is 33.0 Å². The molecule has 2 heterocycles. The molecule has 0 unspecified atom stereocenters. The molecule has 1 atom stereocenters. The zero-order valence-corrected chi connectivity index (χ0v) is 15.1. The summed E-state index contributed by atoms with van der Waals surface area (Å²) in [5.41, 5.74) is 1.21. The summed E-state index contributed by atoms with van der Waals surface area (Å²) in [5.74, 6) is -0.183. The number of benzene rings is 1. The summed E-state index contributed by atoms with van der Waals surface area (Å²) in [6.07, 6.45) is 2.86. The fourth-order valence-corrected chi connectivity index (χ4v) is 2.70. The van der Waals surface area contributed by atoms with Gasteiger partial charge in [-0.3, -0.25) is 19.0 Å². The van der Waals surface area contributed by atoms with Crippen LogP contribution in [0.3, 0.4) is 0 Å². The predicted molar refractivity (Wildman–Crippen MR) is 98.9 cm³/mol. The lowest BCUT2D eigenvalue weighted by molar-refractivity contribution is -0.129. The van der Waals surface area contributed by atoms with E-state index < -0.39 is 11.9 Å². The van der Waals surface area contributed by atoms with Crippen LogP contribution in [0, 0.1) is 6.92 Å². The van der Waals surface area contributed by atoms with E-state index in [-0.39, 0.29) is 24.6 Å². The average Bonchev–Trinajstić information content (AvgIpc) is 3.16. The number of rotatable bonds is 6. The molecule has 3 rings (SSSR count). The molecule has 140 valence electrons. The van der Waals surface area contributed by atoms with Gasteiger partial charge in [-0.25, -0.2) is 4.98 Å². The molecule has 2 N–H and O–H groups in total. The molecule has 3 aromatic rings. The van der Waals surface area contributed by atoms with Crippen LogP contribution >= 0.6 is 0 Å². The topological polar surface area (TPSA) is 106 Å². The summed E-state index contributed by atoms with van der Waals surface area (Å²) in [6.45, 7) is 3.46. The first kappa shape index (κ1) is 18.4. The molecule has 0 aliphatic rings. The smallest absolute Gasteiger partial charge is 0.261 e. The Hall–Kier alpha value is -3.42. The molecule has 0 radical (unpaired) electrons. The molecule has 27 heavy (non-hydrogen) atoms. The van der Waals surface area contributed by atoms with Crippen LogP contribution in [0.4, 0.5) is 0 Å². The third-order valence-corrected chi connectivity index (χ3v) is 4.16. The third kappa shape index (κ3) is 4.22. The highest BCUT2D eigenvalue weighted by Crippen LogP contribution is 2.11. The van der Waals surface area contributed by atoms with E-state index in [2.05, 4.69) is 15.6 Å². The van der Waals surface area contributed by atoms with Crippen LogP contribution in [0.1, 0.15) is 18.2 Å². The molecular weight excluding hydrogens is 348 g/mol. The second-order valence-corrected chi connectivity index (χ2v) is 6.24. The maximum absolute atomic E-state index is 12.5. The Morgan fingerprint density at radius 3 is 2.81 bits per heavy atom. The van der Waals surface area contributed by atoms with Crippen LogP contribution in [-0.4, -0.2) is 27.4 Å². The quantitative estimate of drug-likeness (QED) is 0.678. The van der Waals surface area contributed by atoms with Gasteiger partial charge in [0, 0.05) is 0 Å². The lowest BCUT2D eigenvalue weighted by atomic mass is 10.1. The number of carbonyl (C=O) groups is 2. The van der Waals surface area contributed by atoms with Gasteiger partial charge in [0.2, 0.25) is 11.8 Å². The van der Waals surface area contributed by atoms with Gasteiger partial charge in [-0.05, 0) is 37.6 Å². The SMILES string of the molecule is Cc1cccc2c(=O)n(CC(=O)N[C@@H](C)C(=O)NCc3ccco3)cnc12. The largest absolute Gasteiger partial charge is 0.467 e. The zero-order valence-electron chi connectivity index (χ0n) is 15.1. The lowest BCUT2D eigenvalue weighted by Crippen LogP contribution is -2.46. The van der Waals surface area contributed by atoms with Crippen molar-refractivity contribution in [1.29, 1.82) is 0 Å². The van der Waals surface area contributed by atoms with E-state index in [1.807, 2.05) is 13.0 Å². The first-order chi connectivity index (χ1) is 13.0. The Bertz CT molecular complexity index is 1020. The van der Waals surface area contributed by atoms with Gasteiger partial charge in [0.05, 0.1) is 30.0 Å². The molecule has 0 bridgehead atoms. The van der Waals surface area contributed by atoms with E-state index in [1.54, 1.807) is 31.2 Å². The number of nitrogens with zero attached hydrogens (tertiary/aromatic N) is 2. The number of hydrogen-bond acceptors (Lipinski definition) is 5. The summed E-state index contributed by atoms with van der Waals surface area (Å²) in [7, 11) is 0. The maximum atomic E-state index is 12.5. The Balaban J connectivity index is 1.62. The van der Waals surface area contributed by atoms with E-state index in [1.165, 1.54) is 17.2 Å². The summed E-state index contributed by atoms with van der Waals surface area (Å²) in [4.78, 5) is 41.1. The van der Waals surface area contributed by atoms with Crippen LogP contribution in [0.2, 0.25) is 0 Å². The summed E-state index contributed by atoms with van der Waals surface area (Å²) >= 11 is 0. The van der Waals surface area contributed by atoms with Crippen LogP contribution in [-0.2, 0) is 22.7 Å². The van der Waals surface area contributed by atoms with Gasteiger partial charge < -0.3 is 15.1 Å². The van der Waals surface area contributed by atoms with E-state index in [9.17, 15) is 14.4 Å². The second kappa shape index (κ2) is 7.86. The summed E-state index contributed by atoms with van der Waals surface area (Å²) < 4.78 is 6.36. The monoisotopic (exact) mass is 368 g/mol. The average molecular weight is 368 g/mol. The number of furan rings is 1. The number of aromatic nitrogens is 2. The molecule has 8 nitrogen and oxygen atoms in total. The first-order valence-corrected chi connectivity index (χ1v) is 8.50. The summed E-state index contributed by atoms with van der Waals surface area (Å²) in [5, 5.41) is 5.70. The van der Waals surface area contributed by atoms with Gasteiger partial charge in [-0.2, -0.15) is 0 Å². The van der Waals surface area contributed by atoms with Crippen molar-refractivity contribution < 1.29 is 14.0 Å². The fourth-order valence-electron chi connectivity index (χ4n) is 2.70. The second-order valence-electron chi connectivity index (χ2n) is 6.24. The molecule has 2 amide bonds. The Kier molecular flexibility index (Phi) is 5.35. The molecule has 0 fully saturated rings. The Labute approximate surface area is 155 Å². The van der Waals surface area contributed by atoms with Gasteiger partial charge >= 0.3 is 0 Å². The molecular formula is C19H20N4O4. The van der Waals surface area contributed by atoms with E-state index in [0.717, 1.165) is 5.56 Å². The lowest BCUT2D eigenvalue weighted by Gasteiger charge is -2.14. The van der Waals surface area contributed by atoms with Gasteiger partial charge in [0.25, 0.3) is 5.56 Å². The van der Waals surface area contributed by atoms with Crippen molar-refractivity contribution in [3.05, 3.63) is 64.6 Å². The minimum absolute atomic E-state index is 0.217. The zero-order chi connectivity index (χ0) is 19.4. The fraction of sp³-hybridized carbons (Fsp3) is 0.263. The number of hydrogen-bond donors (Lipinski definition) is 2. The van der Waals surface area contributed by atoms with Crippen molar-refractivity contribution in [3.63, 3.8) is 0 Å². The van der Waals surface area contributed by atoms with Gasteiger partial charge in [-0.1, -0.05) is 12.1 Å². The van der Waals surface area contributed by atoms with Crippen molar-refractivity contribution in [2.75, 3.05) is 0 Å². The van der Waals surface area contributed by atoms with Gasteiger partial charge in [-0.15, -0.1) is 0 Å². The molecule has 0 spiro atoms. The minimum atomic E-state index is -0.751. The van der Waals surface area contributed by atoms with Crippen molar-refractivity contribution >= 4 is 22.7 Å². The molecule has 0 saturated heterocycles. The van der Waals surface area contributed by atoms with Crippen molar-refractivity contribution in [1.82, 2.24) is 20.2 Å². The maximum Gasteiger partial charge on any atom is 0.261 e. The summed E-state index contributed by atoms with van der Waals surface area (Å²) in [6, 6.07) is 8.04. The molecule has 0 aliphatic heterocycles. The predicted octanol–water partition coefficient (Wildman–Crippen LogP) is 1.12. The molecule has 0 saturated carbocycles. The van der Waals surface area contributed by atoms with Crippen LogP contribution in [0.15, 0.2) is 52.1 Å². The first-order valence-electron chi connectivity index (χ1n) is 8.50. The molecule has 2 aromatic heterocycles. The van der Waals surface area contributed by atoms with Crippen LogP contribution < -0.4 is 16.2 Å². The number of para-hydroxylation sites is 1. The number of nitrogens with one attached hydrogen (secondary N) is 2. The van der Waals surface area contributed by atoms with E-state index >= 15 is 0 Å². The number of aryl methyl sites for hydroxylation is 1. The van der Waals surface area contributed by atoms with Crippen molar-refractivity contribution in [2.24, 2.45) is 0 Å². The Morgan fingerprint density at radius 1 is 1.26 bits per heavy atom. The number of amides is 2. The minimum Gasteiger partial charge on any atom is -0.467 e. The van der Waals surface area contributed by atoms with Crippen molar-refractivity contribution in [3.8, 4) is 0 Å². The van der Waals surface area contributed by atoms with Gasteiger partial charge in [0.15, 0.2) is 0 Å². The van der Waals surface area contributed by atoms with Gasteiger partial charge in [0.1, 0.15) is 18.3 Å². The highest BCUT2D eigenvalue weighted by molar-refractivity contribution is 5.87. The number of carbonyl (C=O) groups excluding carboxylic acids is 2. The van der Waals surface area contributed by atoms with Crippen LogP contribution in [0.5, 0.6) is 0 Å². The highest BCUT2D eigenvalue weighted by Gasteiger charge is 2.16. The van der Waals surface area contributed by atoms with E-state index in [4.69, 9.17) is 4.42 Å². The third-order valence-electron chi connectivity index (χ3n) is 4.16. The highest BCUT2D eigenvalue weighted by atomic mass is 16.3. The molecule has 0 aliphatic carbocycles. The standard InChI is InChI=1S/C19H20N4O4/c1-12-5-3-7-15-17(12)21-11-23(19(15)26)10-16(24)22-13(2)18(25)20-9-14-6-4-8-27-14/h3-8,11,13H,9-10H2,1-2H3,(H,20,25)(H,22,24)/t13-/m0/s1. The van der Waals surface area contributed by atoms with E-state index in [0.29, 0.717) is 16.7 Å².